The second-order valence-electron chi connectivity index (χ2n) is 14.3. The third-order valence-electron chi connectivity index (χ3n) is 12.2. The number of Topliss-reactive ketones (excluding diaryl/α,β-unsaturated/α-hetero) is 1. The van der Waals surface area contributed by atoms with Crippen LogP contribution in [0.5, 0.6) is 0 Å². The van der Waals surface area contributed by atoms with E-state index in [0.717, 1.165) is 11.6 Å². The number of fused-ring (bicyclic) bond motifs is 7. The fourth-order valence-electron chi connectivity index (χ4n) is 9.79. The van der Waals surface area contributed by atoms with E-state index in [2.05, 4.69) is 32.0 Å². The van der Waals surface area contributed by atoms with Crippen molar-refractivity contribution in [2.45, 2.75) is 88.8 Å². The zero-order chi connectivity index (χ0) is 32.1. The first-order valence-electron chi connectivity index (χ1n) is 15.9. The molecule has 0 radical (unpaired) electrons. The molecular weight excluding hydrogens is 578 g/mol. The summed E-state index contributed by atoms with van der Waals surface area (Å²) in [6.07, 6.45) is -1.32. The summed E-state index contributed by atoms with van der Waals surface area (Å²) in [5, 5.41) is 21.9. The molecule has 2 aromatic rings. The van der Waals surface area contributed by atoms with Crippen molar-refractivity contribution in [1.82, 2.24) is 0 Å². The molecular formula is C37H40F2O6. The summed E-state index contributed by atoms with van der Waals surface area (Å²) in [7, 11) is 0. The summed E-state index contributed by atoms with van der Waals surface area (Å²) < 4.78 is 46.4. The second-order valence-corrected chi connectivity index (χ2v) is 14.3. The largest absolute Gasteiger partial charge is 0.390 e. The molecule has 0 spiro atoms. The molecule has 2 N–H and O–H groups in total. The number of aliphatic hydroxyl groups excluding tert-OH is 2. The molecule has 11 atom stereocenters. The highest BCUT2D eigenvalue weighted by Gasteiger charge is 2.80. The van der Waals surface area contributed by atoms with Gasteiger partial charge in [-0.3, -0.25) is 9.59 Å². The summed E-state index contributed by atoms with van der Waals surface area (Å²) in [6, 6.07) is 16.2. The van der Waals surface area contributed by atoms with E-state index in [9.17, 15) is 19.8 Å². The average molecular weight is 619 g/mol. The first-order chi connectivity index (χ1) is 21.3. The molecule has 0 aromatic heterocycles. The first kappa shape index (κ1) is 30.6. The Morgan fingerprint density at radius 2 is 1.82 bits per heavy atom. The van der Waals surface area contributed by atoms with Gasteiger partial charge in [0.1, 0.15) is 12.8 Å². The number of aryl methyl sites for hydroxylation is 1. The second kappa shape index (κ2) is 10.2. The van der Waals surface area contributed by atoms with E-state index >= 15 is 8.78 Å². The minimum atomic E-state index is -2.28. The quantitative estimate of drug-likeness (QED) is 0.441. The predicted molar refractivity (Wildman–Crippen MR) is 163 cm³/mol. The highest BCUT2D eigenvalue weighted by molar-refractivity contribution is 6.01. The number of halogens is 2. The lowest BCUT2D eigenvalue weighted by molar-refractivity contribution is -0.235. The lowest BCUT2D eigenvalue weighted by atomic mass is 9.44. The fraction of sp³-hybridized carbons (Fsp3) is 0.514. The van der Waals surface area contributed by atoms with Crippen molar-refractivity contribution in [3.8, 4) is 0 Å². The SMILES string of the molecule is Cc1cccc([C@H](C)c2ccc([C@@H]3O[C@@H]4C[C@H]5[C@@H]6C[C@H](F)C7=CC(=O)C=C[C@]7(C)[C@@]6(F)[C@@H](O)C[C@]5(C)[C@]4(C(=O)CO)O3)cc2)c1. The number of carbonyl (C=O) groups is 2. The Kier molecular flexibility index (Phi) is 6.96. The van der Waals surface area contributed by atoms with Gasteiger partial charge in [0, 0.05) is 28.2 Å². The van der Waals surface area contributed by atoms with Gasteiger partial charge >= 0.3 is 0 Å². The van der Waals surface area contributed by atoms with Crippen LogP contribution in [-0.4, -0.2) is 58.0 Å². The van der Waals surface area contributed by atoms with Gasteiger partial charge in [-0.05, 0) is 67.9 Å². The normalized spacial score (nSPS) is 42.3. The zero-order valence-electron chi connectivity index (χ0n) is 26.0. The lowest BCUT2D eigenvalue weighted by Crippen LogP contribution is -2.70. The maximum Gasteiger partial charge on any atom is 0.193 e. The standard InChI is InChI=1S/C37H40F2O6/c1-20-6-5-7-24(14-20)21(2)22-8-10-23(11-9-22)33-44-32-17-26-27-16-29(38)28-15-25(41)12-13-34(28,3)36(27,39)30(42)18-35(26,4)37(32,45-33)31(43)19-40/h5-15,21,26-27,29-30,32-33,40,42H,16-19H2,1-4H3/t21-,26+,27+,29+,30+,32-,33-,34+,35+,36+,37-/m1/s1. The lowest BCUT2D eigenvalue weighted by Gasteiger charge is -2.63. The van der Waals surface area contributed by atoms with E-state index in [1.54, 1.807) is 13.8 Å². The molecule has 1 heterocycles. The van der Waals surface area contributed by atoms with E-state index < -0.39 is 76.8 Å². The van der Waals surface area contributed by atoms with Crippen LogP contribution in [0, 0.1) is 29.6 Å². The Morgan fingerprint density at radius 3 is 2.51 bits per heavy atom. The van der Waals surface area contributed by atoms with Crippen LogP contribution >= 0.6 is 0 Å². The van der Waals surface area contributed by atoms with Crippen LogP contribution in [0.2, 0.25) is 0 Å². The Hall–Kier alpha value is -3.04. The molecule has 45 heavy (non-hydrogen) atoms. The molecule has 8 heteroatoms. The smallest absolute Gasteiger partial charge is 0.193 e. The van der Waals surface area contributed by atoms with Crippen molar-refractivity contribution in [1.29, 1.82) is 0 Å². The molecule has 4 fully saturated rings. The molecule has 1 aliphatic heterocycles. The summed E-state index contributed by atoms with van der Waals surface area (Å²) in [6.45, 7) is 6.72. The fourth-order valence-corrected chi connectivity index (χ4v) is 9.79. The molecule has 4 aliphatic carbocycles. The average Bonchev–Trinajstić information content (AvgIpc) is 3.52. The van der Waals surface area contributed by atoms with Crippen molar-refractivity contribution in [2.24, 2.45) is 22.7 Å². The molecule has 238 valence electrons. The monoisotopic (exact) mass is 618 g/mol. The van der Waals surface area contributed by atoms with Crippen LogP contribution in [0.1, 0.15) is 74.5 Å². The number of hydrogen-bond donors (Lipinski definition) is 2. The third kappa shape index (κ3) is 3.98. The van der Waals surface area contributed by atoms with Crippen molar-refractivity contribution in [3.05, 3.63) is 94.6 Å². The summed E-state index contributed by atoms with van der Waals surface area (Å²) >= 11 is 0. The summed E-state index contributed by atoms with van der Waals surface area (Å²) in [5.74, 6) is -2.42. The molecule has 1 saturated heterocycles. The number of hydrogen-bond acceptors (Lipinski definition) is 6. The molecule has 2 aromatic carbocycles. The van der Waals surface area contributed by atoms with Gasteiger partial charge < -0.3 is 19.7 Å². The number of carbonyl (C=O) groups excluding carboxylic acids is 2. The van der Waals surface area contributed by atoms with Crippen LogP contribution in [0.15, 0.2) is 72.3 Å². The number of allylic oxidation sites excluding steroid dienone is 4. The van der Waals surface area contributed by atoms with Gasteiger partial charge in [-0.1, -0.05) is 74.0 Å². The van der Waals surface area contributed by atoms with E-state index in [0.29, 0.717) is 5.56 Å². The summed E-state index contributed by atoms with van der Waals surface area (Å²) in [5.41, 5.74) is -2.40. The van der Waals surface area contributed by atoms with E-state index in [1.165, 1.54) is 23.3 Å². The molecule has 5 aliphatic rings. The highest BCUT2D eigenvalue weighted by atomic mass is 19.1. The van der Waals surface area contributed by atoms with Crippen LogP contribution in [0.25, 0.3) is 0 Å². The van der Waals surface area contributed by atoms with E-state index in [1.807, 2.05) is 30.3 Å². The van der Waals surface area contributed by atoms with Crippen LogP contribution in [0.4, 0.5) is 8.78 Å². The Balaban J connectivity index is 1.22. The van der Waals surface area contributed by atoms with Crippen LogP contribution in [0.3, 0.4) is 0 Å². The number of aliphatic hydroxyl groups is 2. The van der Waals surface area contributed by atoms with E-state index in [4.69, 9.17) is 9.47 Å². The van der Waals surface area contributed by atoms with Gasteiger partial charge in [0.25, 0.3) is 0 Å². The maximum absolute atomic E-state index is 17.6. The number of benzene rings is 2. The predicted octanol–water partition coefficient (Wildman–Crippen LogP) is 5.79. The van der Waals surface area contributed by atoms with Crippen LogP contribution in [-0.2, 0) is 19.1 Å². The Morgan fingerprint density at radius 1 is 1.09 bits per heavy atom. The molecule has 6 nitrogen and oxygen atoms in total. The molecule has 3 saturated carbocycles. The minimum absolute atomic E-state index is 0.0449. The van der Waals surface area contributed by atoms with Crippen molar-refractivity contribution in [2.75, 3.05) is 6.61 Å². The molecule has 0 bridgehead atoms. The summed E-state index contributed by atoms with van der Waals surface area (Å²) in [4.78, 5) is 25.9. The maximum atomic E-state index is 17.6. The van der Waals surface area contributed by atoms with Gasteiger partial charge in [-0.25, -0.2) is 8.78 Å². The Bertz CT molecular complexity index is 1620. The molecule has 7 rings (SSSR count). The number of ketones is 2. The van der Waals surface area contributed by atoms with Gasteiger partial charge in [-0.2, -0.15) is 0 Å². The number of ether oxygens (including phenoxy) is 2. The third-order valence-corrected chi connectivity index (χ3v) is 12.2. The van der Waals surface area contributed by atoms with Crippen molar-refractivity contribution < 1.29 is 38.1 Å². The zero-order valence-corrected chi connectivity index (χ0v) is 26.0. The van der Waals surface area contributed by atoms with Gasteiger partial charge in [0.2, 0.25) is 0 Å². The van der Waals surface area contributed by atoms with Crippen molar-refractivity contribution in [3.63, 3.8) is 0 Å². The number of rotatable bonds is 5. The number of alkyl halides is 2. The molecule has 0 amide bonds. The Labute approximate surface area is 262 Å². The van der Waals surface area contributed by atoms with Gasteiger partial charge in [-0.15, -0.1) is 0 Å². The first-order valence-corrected chi connectivity index (χ1v) is 15.9. The highest BCUT2D eigenvalue weighted by Crippen LogP contribution is 2.72. The van der Waals surface area contributed by atoms with Gasteiger partial charge in [0.05, 0.1) is 12.2 Å². The molecule has 0 unspecified atom stereocenters. The minimum Gasteiger partial charge on any atom is -0.390 e. The van der Waals surface area contributed by atoms with E-state index in [-0.39, 0.29) is 30.8 Å². The van der Waals surface area contributed by atoms with Crippen LogP contribution < -0.4 is 0 Å². The topological polar surface area (TPSA) is 93.1 Å². The van der Waals surface area contributed by atoms with Crippen molar-refractivity contribution >= 4 is 11.6 Å². The van der Waals surface area contributed by atoms with Gasteiger partial charge in [0.15, 0.2) is 29.1 Å².